The first-order chi connectivity index (χ1) is 15.5. The van der Waals surface area contributed by atoms with E-state index >= 15 is 0 Å². The Bertz CT molecular complexity index is 1100. The number of hydrogen-bond donors (Lipinski definition) is 2. The molecule has 6 nitrogen and oxygen atoms in total. The summed E-state index contributed by atoms with van der Waals surface area (Å²) >= 11 is 6.89. The molecule has 3 aromatic rings. The average molecular weight is 469 g/mol. The van der Waals surface area contributed by atoms with Gasteiger partial charge in [0, 0.05) is 11.3 Å². The Labute approximate surface area is 196 Å². The Morgan fingerprint density at radius 3 is 2.19 bits per heavy atom. The van der Waals surface area contributed by atoms with Crippen molar-refractivity contribution in [2.75, 3.05) is 23.8 Å². The Hall–Kier alpha value is -3.23. The van der Waals surface area contributed by atoms with Crippen LogP contribution in [0, 0.1) is 0 Å². The van der Waals surface area contributed by atoms with Crippen LogP contribution >= 0.6 is 23.6 Å². The number of thiocarbonyl (C=S) groups is 1. The Kier molecular flexibility index (Phi) is 8.35. The third-order valence-corrected chi connectivity index (χ3v) is 5.65. The molecule has 0 aliphatic carbocycles. The van der Waals surface area contributed by atoms with Crippen LogP contribution in [0.5, 0.6) is 0 Å². The monoisotopic (exact) mass is 468 g/mol. The Balaban J connectivity index is 1.80. The molecule has 0 unspecified atom stereocenters. The summed E-state index contributed by atoms with van der Waals surface area (Å²) in [6, 6.07) is 18.8. The topological polar surface area (TPSA) is 76.7 Å². The van der Waals surface area contributed by atoms with E-state index in [9.17, 15) is 9.59 Å². The minimum atomic E-state index is -0.438. The zero-order valence-corrected chi connectivity index (χ0v) is 19.5. The molecule has 3 rings (SSSR count). The fraction of sp³-hybridized carbons (Fsp3) is 0.208. The lowest BCUT2D eigenvalue weighted by Crippen LogP contribution is -2.21. The zero-order valence-electron chi connectivity index (χ0n) is 17.8. The lowest BCUT2D eigenvalue weighted by atomic mass is 10.1. The van der Waals surface area contributed by atoms with Gasteiger partial charge in [0.15, 0.2) is 5.11 Å². The van der Waals surface area contributed by atoms with Crippen molar-refractivity contribution in [1.29, 1.82) is 0 Å². The molecule has 0 fully saturated rings. The molecule has 2 aromatic carbocycles. The third-order valence-electron chi connectivity index (χ3n) is 4.40. The maximum absolute atomic E-state index is 12.5. The number of hydrogen-bond acceptors (Lipinski definition) is 6. The zero-order chi connectivity index (χ0) is 22.9. The van der Waals surface area contributed by atoms with Gasteiger partial charge >= 0.3 is 11.9 Å². The summed E-state index contributed by atoms with van der Waals surface area (Å²) in [6.45, 7) is 4.07. The van der Waals surface area contributed by atoms with Crippen molar-refractivity contribution in [1.82, 2.24) is 0 Å². The quantitative estimate of drug-likeness (QED) is 0.334. The molecule has 32 heavy (non-hydrogen) atoms. The second-order valence-electron chi connectivity index (χ2n) is 6.68. The Morgan fingerprint density at radius 2 is 1.50 bits per heavy atom. The van der Waals surface area contributed by atoms with Gasteiger partial charge in [-0.1, -0.05) is 42.5 Å². The van der Waals surface area contributed by atoms with Crippen molar-refractivity contribution in [3.8, 4) is 0 Å². The van der Waals surface area contributed by atoms with E-state index in [-0.39, 0.29) is 18.3 Å². The SMILES string of the molecule is CCOC(=O)c1ccccc1NC(=S)Nc1sc(Cc2ccccc2)cc1C(=O)OCC. The number of rotatable bonds is 8. The highest BCUT2D eigenvalue weighted by molar-refractivity contribution is 7.80. The minimum Gasteiger partial charge on any atom is -0.462 e. The summed E-state index contributed by atoms with van der Waals surface area (Å²) in [7, 11) is 0. The largest absolute Gasteiger partial charge is 0.462 e. The van der Waals surface area contributed by atoms with Crippen LogP contribution in [-0.4, -0.2) is 30.3 Å². The summed E-state index contributed by atoms with van der Waals surface area (Å²) in [4.78, 5) is 25.7. The number of carbonyl (C=O) groups is 2. The van der Waals surface area contributed by atoms with Gasteiger partial charge < -0.3 is 20.1 Å². The first kappa shape index (κ1) is 23.4. The van der Waals surface area contributed by atoms with Crippen molar-refractivity contribution >= 4 is 51.3 Å². The summed E-state index contributed by atoms with van der Waals surface area (Å²) in [6.07, 6.45) is 0.686. The number of para-hydroxylation sites is 1. The lowest BCUT2D eigenvalue weighted by molar-refractivity contribution is 0.0518. The molecule has 0 amide bonds. The highest BCUT2D eigenvalue weighted by Gasteiger charge is 2.19. The molecule has 8 heteroatoms. The fourth-order valence-corrected chi connectivity index (χ4v) is 4.37. The predicted octanol–water partition coefficient (Wildman–Crippen LogP) is 5.50. The van der Waals surface area contributed by atoms with Crippen LogP contribution in [0.3, 0.4) is 0 Å². The van der Waals surface area contributed by atoms with Gasteiger partial charge in [-0.15, -0.1) is 11.3 Å². The second kappa shape index (κ2) is 11.4. The maximum Gasteiger partial charge on any atom is 0.341 e. The van der Waals surface area contributed by atoms with Gasteiger partial charge in [0.25, 0.3) is 0 Å². The van der Waals surface area contributed by atoms with Gasteiger partial charge in [-0.3, -0.25) is 0 Å². The van der Waals surface area contributed by atoms with Gasteiger partial charge in [-0.05, 0) is 49.8 Å². The molecule has 0 bridgehead atoms. The highest BCUT2D eigenvalue weighted by Crippen LogP contribution is 2.31. The molecule has 0 aliphatic heterocycles. The van der Waals surface area contributed by atoms with Crippen LogP contribution in [0.4, 0.5) is 10.7 Å². The lowest BCUT2D eigenvalue weighted by Gasteiger charge is -2.13. The first-order valence-electron chi connectivity index (χ1n) is 10.2. The number of benzene rings is 2. The summed E-state index contributed by atoms with van der Waals surface area (Å²) < 4.78 is 10.3. The van der Waals surface area contributed by atoms with E-state index in [4.69, 9.17) is 21.7 Å². The van der Waals surface area contributed by atoms with E-state index in [1.807, 2.05) is 36.4 Å². The summed E-state index contributed by atoms with van der Waals surface area (Å²) in [5.41, 5.74) is 2.45. The van der Waals surface area contributed by atoms with E-state index in [0.29, 0.717) is 28.2 Å². The van der Waals surface area contributed by atoms with Crippen molar-refractivity contribution in [2.24, 2.45) is 0 Å². The molecular formula is C24H24N2O4S2. The second-order valence-corrected chi connectivity index (χ2v) is 8.23. The van der Waals surface area contributed by atoms with Crippen LogP contribution < -0.4 is 10.6 Å². The van der Waals surface area contributed by atoms with Gasteiger partial charge in [-0.25, -0.2) is 9.59 Å². The predicted molar refractivity (Wildman–Crippen MR) is 132 cm³/mol. The van der Waals surface area contributed by atoms with Gasteiger partial charge in [-0.2, -0.15) is 0 Å². The normalized spacial score (nSPS) is 10.3. The number of thiophene rings is 1. The van der Waals surface area contributed by atoms with Crippen LogP contribution in [0.2, 0.25) is 0 Å². The van der Waals surface area contributed by atoms with Gasteiger partial charge in [0.1, 0.15) is 5.00 Å². The average Bonchev–Trinajstić information content (AvgIpc) is 3.17. The van der Waals surface area contributed by atoms with Crippen molar-refractivity contribution < 1.29 is 19.1 Å². The molecule has 0 spiro atoms. The number of anilines is 2. The molecule has 0 atom stereocenters. The Morgan fingerprint density at radius 1 is 0.875 bits per heavy atom. The minimum absolute atomic E-state index is 0.250. The number of carbonyl (C=O) groups excluding carboxylic acids is 2. The van der Waals surface area contributed by atoms with E-state index in [1.54, 1.807) is 38.1 Å². The number of ether oxygens (including phenoxy) is 2. The number of esters is 2. The van der Waals surface area contributed by atoms with Crippen LogP contribution in [0.15, 0.2) is 60.7 Å². The van der Waals surface area contributed by atoms with E-state index in [1.165, 1.54) is 11.3 Å². The molecule has 166 valence electrons. The highest BCUT2D eigenvalue weighted by atomic mass is 32.1. The van der Waals surface area contributed by atoms with Crippen LogP contribution in [-0.2, 0) is 15.9 Å². The molecule has 2 N–H and O–H groups in total. The van der Waals surface area contributed by atoms with Crippen molar-refractivity contribution in [3.63, 3.8) is 0 Å². The van der Waals surface area contributed by atoms with Crippen LogP contribution in [0.1, 0.15) is 45.0 Å². The number of nitrogens with one attached hydrogen (secondary N) is 2. The molecule has 0 radical (unpaired) electrons. The van der Waals surface area contributed by atoms with Crippen molar-refractivity contribution in [3.05, 3.63) is 82.2 Å². The summed E-state index contributed by atoms with van der Waals surface area (Å²) in [5, 5.41) is 6.95. The van der Waals surface area contributed by atoms with E-state index < -0.39 is 11.9 Å². The van der Waals surface area contributed by atoms with E-state index in [0.717, 1.165) is 10.4 Å². The molecule has 0 aliphatic rings. The molecule has 1 heterocycles. The molecule has 0 saturated carbocycles. The third kappa shape index (κ3) is 6.15. The molecule has 0 saturated heterocycles. The maximum atomic E-state index is 12.5. The van der Waals surface area contributed by atoms with Crippen LogP contribution in [0.25, 0.3) is 0 Å². The standard InChI is InChI=1S/C24H24N2O4S2/c1-3-29-22(27)18-12-8-9-13-20(18)25-24(31)26-21-19(23(28)30-4-2)15-17(32-21)14-16-10-6-5-7-11-16/h5-13,15H,3-4,14H2,1-2H3,(H2,25,26,31). The molecule has 1 aromatic heterocycles. The fourth-order valence-electron chi connectivity index (χ4n) is 3.02. The van der Waals surface area contributed by atoms with E-state index in [2.05, 4.69) is 10.6 Å². The first-order valence-corrected chi connectivity index (χ1v) is 11.4. The van der Waals surface area contributed by atoms with Gasteiger partial charge in [0.2, 0.25) is 0 Å². The smallest absolute Gasteiger partial charge is 0.341 e. The summed E-state index contributed by atoms with van der Waals surface area (Å²) in [5.74, 6) is -0.854. The molecular weight excluding hydrogens is 444 g/mol. The van der Waals surface area contributed by atoms with Gasteiger partial charge in [0.05, 0.1) is 30.0 Å². The van der Waals surface area contributed by atoms with Crippen molar-refractivity contribution in [2.45, 2.75) is 20.3 Å².